The number of carbonyl (C=O) groups is 1. The molecule has 1 aliphatic heterocycles. The fourth-order valence-corrected chi connectivity index (χ4v) is 3.32. The summed E-state index contributed by atoms with van der Waals surface area (Å²) in [7, 11) is 1.20. The Labute approximate surface area is 127 Å². The van der Waals surface area contributed by atoms with Crippen LogP contribution in [-0.2, 0) is 13.8 Å². The number of halogens is 5. The lowest BCUT2D eigenvalue weighted by Gasteiger charge is -2.18. The number of nitrogens with zero attached hydrogens (tertiary/aromatic N) is 1. The number of carbonyl (C=O) groups excluding carboxylic acids is 1. The van der Waals surface area contributed by atoms with Gasteiger partial charge >= 0.3 is 0 Å². The van der Waals surface area contributed by atoms with E-state index in [4.69, 9.17) is 33.9 Å². The Morgan fingerprint density at radius 1 is 1.25 bits per heavy atom. The quantitative estimate of drug-likeness (QED) is 0.460. The summed E-state index contributed by atoms with van der Waals surface area (Å²) in [5.41, 5.74) is -0.380. The summed E-state index contributed by atoms with van der Waals surface area (Å²) in [6.07, 6.45) is -0.391. The van der Waals surface area contributed by atoms with Gasteiger partial charge < -0.3 is 4.90 Å². The predicted octanol–water partition coefficient (Wildman–Crippen LogP) is 2.95. The number of benzene rings is 1. The average Bonchev–Trinajstić information content (AvgIpc) is 2.73. The van der Waals surface area contributed by atoms with E-state index in [2.05, 4.69) is 0 Å². The zero-order chi connectivity index (χ0) is 15.2. The van der Waals surface area contributed by atoms with E-state index in [9.17, 15) is 22.0 Å². The van der Waals surface area contributed by atoms with Crippen molar-refractivity contribution in [1.82, 2.24) is 0 Å². The summed E-state index contributed by atoms with van der Waals surface area (Å²) in [6, 6.07) is 0.874. The average molecular weight is 365 g/mol. The fourth-order valence-electron chi connectivity index (χ4n) is 1.85. The number of hydrogen-bond donors (Lipinski definition) is 0. The van der Waals surface area contributed by atoms with E-state index in [1.165, 1.54) is 0 Å². The molecule has 1 aromatic carbocycles. The molecule has 1 aliphatic rings. The van der Waals surface area contributed by atoms with Crippen molar-refractivity contribution in [3.63, 3.8) is 0 Å². The van der Waals surface area contributed by atoms with E-state index < -0.39 is 48.3 Å². The van der Waals surface area contributed by atoms with Gasteiger partial charge in [-0.3, -0.25) is 4.79 Å². The van der Waals surface area contributed by atoms with Crippen LogP contribution in [0.15, 0.2) is 6.07 Å². The van der Waals surface area contributed by atoms with Gasteiger partial charge in [0.25, 0.3) is 0 Å². The number of hydrogen-bond acceptors (Lipinski definition) is 3. The van der Waals surface area contributed by atoms with Crippen LogP contribution in [0.2, 0.25) is 10.0 Å². The van der Waals surface area contributed by atoms with Crippen molar-refractivity contribution in [3.8, 4) is 0 Å². The normalized spacial score (nSPS) is 19.8. The number of anilines is 1. The molecule has 0 bridgehead atoms. The lowest BCUT2D eigenvalue weighted by Crippen LogP contribution is -2.27. The lowest BCUT2D eigenvalue weighted by molar-refractivity contribution is -0.117. The van der Waals surface area contributed by atoms with Gasteiger partial charge in [-0.15, -0.1) is 0 Å². The molecule has 1 saturated heterocycles. The molecule has 4 nitrogen and oxygen atoms in total. The topological polar surface area (TPSA) is 54.5 Å². The summed E-state index contributed by atoms with van der Waals surface area (Å²) in [6.45, 7) is -0.347. The first-order valence-electron chi connectivity index (χ1n) is 5.19. The zero-order valence-corrected chi connectivity index (χ0v) is 12.6. The van der Waals surface area contributed by atoms with Crippen molar-refractivity contribution in [3.05, 3.63) is 27.7 Å². The fraction of sp³-hybridized carbons (Fsp3) is 0.300. The minimum absolute atomic E-state index is 0.347. The van der Waals surface area contributed by atoms with Crippen LogP contribution < -0.4 is 4.90 Å². The second-order valence-corrected chi connectivity index (χ2v) is 7.82. The van der Waals surface area contributed by atoms with Crippen molar-refractivity contribution in [1.29, 1.82) is 0 Å². The molecule has 1 atom stereocenters. The molecule has 0 aliphatic carbocycles. The van der Waals surface area contributed by atoms with Gasteiger partial charge in [-0.05, 0) is 6.07 Å². The second-order valence-electron chi connectivity index (χ2n) is 4.13. The van der Waals surface area contributed by atoms with Gasteiger partial charge in [-0.1, -0.05) is 23.2 Å². The maximum Gasteiger partial charge on any atom is 0.237 e. The molecule has 110 valence electrons. The second kappa shape index (κ2) is 5.29. The van der Waals surface area contributed by atoms with E-state index >= 15 is 0 Å². The van der Waals surface area contributed by atoms with E-state index in [0.717, 1.165) is 11.0 Å². The van der Waals surface area contributed by atoms with Gasteiger partial charge in [0.15, 0.2) is 11.6 Å². The summed E-state index contributed by atoms with van der Waals surface area (Å²) in [4.78, 5) is 12.6. The van der Waals surface area contributed by atoms with Gasteiger partial charge in [0.2, 0.25) is 15.0 Å². The lowest BCUT2D eigenvalue weighted by atomic mass is 10.2. The molecule has 0 radical (unpaired) electrons. The Morgan fingerprint density at radius 2 is 1.85 bits per heavy atom. The van der Waals surface area contributed by atoms with E-state index in [1.54, 1.807) is 0 Å². The van der Waals surface area contributed by atoms with Crippen molar-refractivity contribution in [2.45, 2.75) is 11.7 Å². The van der Waals surface area contributed by atoms with Gasteiger partial charge in [0.1, 0.15) is 10.3 Å². The predicted molar refractivity (Wildman–Crippen MR) is 71.9 cm³/mol. The molecule has 0 spiro atoms. The summed E-state index contributed by atoms with van der Waals surface area (Å²) in [5.74, 6) is -3.01. The van der Waals surface area contributed by atoms with E-state index in [0.29, 0.717) is 0 Å². The first-order chi connectivity index (χ1) is 9.12. The molecule has 0 N–H and O–H groups in total. The summed E-state index contributed by atoms with van der Waals surface area (Å²) < 4.78 is 49.6. The minimum Gasteiger partial charge on any atom is -0.308 e. The molecule has 0 aromatic heterocycles. The third-order valence-electron chi connectivity index (χ3n) is 2.86. The van der Waals surface area contributed by atoms with Crippen LogP contribution in [0.25, 0.3) is 0 Å². The molecular weight excluding hydrogens is 359 g/mol. The largest absolute Gasteiger partial charge is 0.308 e. The van der Waals surface area contributed by atoms with Gasteiger partial charge in [0, 0.05) is 23.6 Å². The smallest absolute Gasteiger partial charge is 0.237 e. The van der Waals surface area contributed by atoms with E-state index in [-0.39, 0.29) is 12.2 Å². The minimum atomic E-state index is -3.97. The Bertz CT molecular complexity index is 695. The van der Waals surface area contributed by atoms with Crippen LogP contribution >= 0.6 is 33.9 Å². The molecule has 1 fully saturated rings. The third kappa shape index (κ3) is 2.72. The highest BCUT2D eigenvalue weighted by atomic mass is 35.7. The summed E-state index contributed by atoms with van der Waals surface area (Å²) in [5, 5.41) is -2.51. The molecule has 1 aromatic rings. The highest BCUT2D eigenvalue weighted by Crippen LogP contribution is 2.36. The first kappa shape index (κ1) is 15.8. The third-order valence-corrected chi connectivity index (χ3v) is 5.34. The number of rotatable bonds is 2. The molecule has 1 amide bonds. The molecule has 1 heterocycles. The monoisotopic (exact) mass is 363 g/mol. The van der Waals surface area contributed by atoms with Gasteiger partial charge in [0.05, 0.1) is 10.7 Å². The highest BCUT2D eigenvalue weighted by molar-refractivity contribution is 8.14. The van der Waals surface area contributed by atoms with Crippen molar-refractivity contribution in [2.75, 3.05) is 11.4 Å². The Morgan fingerprint density at radius 3 is 2.35 bits per heavy atom. The molecule has 10 heteroatoms. The zero-order valence-electron chi connectivity index (χ0n) is 9.54. The first-order valence-corrected chi connectivity index (χ1v) is 8.32. The van der Waals surface area contributed by atoms with Crippen LogP contribution in [0.4, 0.5) is 14.5 Å². The Kier molecular flexibility index (Phi) is 4.17. The van der Waals surface area contributed by atoms with Crippen molar-refractivity contribution in [2.24, 2.45) is 0 Å². The Balaban J connectivity index is 2.46. The molecule has 2 rings (SSSR count). The molecule has 20 heavy (non-hydrogen) atoms. The van der Waals surface area contributed by atoms with Crippen molar-refractivity contribution >= 4 is 54.5 Å². The van der Waals surface area contributed by atoms with Crippen molar-refractivity contribution < 1.29 is 22.0 Å². The van der Waals surface area contributed by atoms with Gasteiger partial charge in [-0.2, -0.15) is 0 Å². The van der Waals surface area contributed by atoms with Crippen LogP contribution in [0, 0.1) is 11.6 Å². The van der Waals surface area contributed by atoms with Gasteiger partial charge in [-0.25, -0.2) is 17.2 Å². The summed E-state index contributed by atoms with van der Waals surface area (Å²) >= 11 is 11.0. The number of amides is 1. The van der Waals surface area contributed by atoms with E-state index in [1.807, 2.05) is 0 Å². The standard InChI is InChI=1S/C10H6Cl3F2NO3S/c11-5-2-6(10(15)8(12)9(5)14)16-3-4(1-7(16)17)20(13,18)19/h2,4H,1,3H2. The van der Waals surface area contributed by atoms with Crippen LogP contribution in [0.1, 0.15) is 6.42 Å². The SMILES string of the molecule is O=C1CC(S(=O)(=O)Cl)CN1c1cc(Cl)c(F)c(Cl)c1F. The van der Waals surface area contributed by atoms with Crippen LogP contribution in [0.3, 0.4) is 0 Å². The molecule has 1 unspecified atom stereocenters. The van der Waals surface area contributed by atoms with Crippen LogP contribution in [0.5, 0.6) is 0 Å². The Hall–Kier alpha value is -0.630. The molecule has 0 saturated carbocycles. The van der Waals surface area contributed by atoms with Crippen LogP contribution in [-0.4, -0.2) is 26.1 Å². The maximum absolute atomic E-state index is 13.9. The highest BCUT2D eigenvalue weighted by Gasteiger charge is 2.39. The maximum atomic E-state index is 13.9. The molecular formula is C10H6Cl3F2NO3S.